The van der Waals surface area contributed by atoms with Gasteiger partial charge in [-0.25, -0.2) is 23.5 Å². The average molecular weight is 347 g/mol. The monoisotopic (exact) mass is 347 g/mol. The van der Waals surface area contributed by atoms with Crippen molar-refractivity contribution >= 4 is 28.6 Å². The van der Waals surface area contributed by atoms with E-state index in [0.29, 0.717) is 22.4 Å². The fourth-order valence-corrected chi connectivity index (χ4v) is 2.51. The van der Waals surface area contributed by atoms with Gasteiger partial charge in [0.2, 0.25) is 5.95 Å². The predicted octanol–water partition coefficient (Wildman–Crippen LogP) is 3.27. The zero-order chi connectivity index (χ0) is 18.1. The van der Waals surface area contributed by atoms with Crippen molar-refractivity contribution in [3.05, 3.63) is 47.5 Å². The van der Waals surface area contributed by atoms with E-state index < -0.39 is 23.7 Å². The number of urea groups is 1. The summed E-state index contributed by atoms with van der Waals surface area (Å²) in [5, 5.41) is 5.51. The SMILES string of the molecule is Cc1c(C(C)NC(=O)Nc2cnc(N)nc2)oc2c(F)cc(F)cc12. The van der Waals surface area contributed by atoms with Gasteiger partial charge in [-0.15, -0.1) is 0 Å². The Morgan fingerprint density at radius 1 is 1.28 bits per heavy atom. The maximum Gasteiger partial charge on any atom is 0.319 e. The number of benzene rings is 1. The second-order valence-electron chi connectivity index (χ2n) is 5.51. The highest BCUT2D eigenvalue weighted by Crippen LogP contribution is 2.31. The standard InChI is InChI=1S/C16H15F2N5O2/c1-7-11-3-9(17)4-12(18)14(11)25-13(7)8(2)22-16(24)23-10-5-20-15(19)21-6-10/h3-6,8H,1-2H3,(H2,19,20,21)(H2,22,23,24). The number of amides is 2. The van der Waals surface area contributed by atoms with E-state index in [-0.39, 0.29) is 11.5 Å². The normalized spacial score (nSPS) is 12.2. The predicted molar refractivity (Wildman–Crippen MR) is 87.9 cm³/mol. The van der Waals surface area contributed by atoms with Crippen molar-refractivity contribution in [3.63, 3.8) is 0 Å². The molecule has 0 spiro atoms. The number of carbonyl (C=O) groups excluding carboxylic acids is 1. The number of hydrogen-bond donors (Lipinski definition) is 3. The summed E-state index contributed by atoms with van der Waals surface area (Å²) in [7, 11) is 0. The molecule has 25 heavy (non-hydrogen) atoms. The number of hydrogen-bond acceptors (Lipinski definition) is 5. The summed E-state index contributed by atoms with van der Waals surface area (Å²) in [4.78, 5) is 19.6. The summed E-state index contributed by atoms with van der Waals surface area (Å²) >= 11 is 0. The van der Waals surface area contributed by atoms with Crippen LogP contribution in [0, 0.1) is 18.6 Å². The molecule has 0 saturated carbocycles. The minimum absolute atomic E-state index is 0.0464. The lowest BCUT2D eigenvalue weighted by Crippen LogP contribution is -2.31. The van der Waals surface area contributed by atoms with Crippen molar-refractivity contribution in [1.29, 1.82) is 0 Å². The van der Waals surface area contributed by atoms with E-state index in [4.69, 9.17) is 10.2 Å². The van der Waals surface area contributed by atoms with E-state index >= 15 is 0 Å². The fraction of sp³-hybridized carbons (Fsp3) is 0.188. The van der Waals surface area contributed by atoms with Gasteiger partial charge in [0.05, 0.1) is 24.1 Å². The number of anilines is 2. The molecule has 130 valence electrons. The van der Waals surface area contributed by atoms with E-state index in [9.17, 15) is 13.6 Å². The van der Waals surface area contributed by atoms with Gasteiger partial charge >= 0.3 is 6.03 Å². The summed E-state index contributed by atoms with van der Waals surface area (Å²) in [6.07, 6.45) is 2.72. The quantitative estimate of drug-likeness (QED) is 0.674. The molecule has 3 rings (SSSR count). The van der Waals surface area contributed by atoms with Crippen LogP contribution in [0.1, 0.15) is 24.3 Å². The number of nitrogen functional groups attached to an aromatic ring is 1. The van der Waals surface area contributed by atoms with E-state index in [1.165, 1.54) is 18.5 Å². The molecule has 0 aliphatic rings. The molecule has 7 nitrogen and oxygen atoms in total. The number of aromatic nitrogens is 2. The Hall–Kier alpha value is -3.23. The molecule has 3 aromatic rings. The van der Waals surface area contributed by atoms with Gasteiger partial charge in [-0.2, -0.15) is 0 Å². The zero-order valence-electron chi connectivity index (χ0n) is 13.4. The van der Waals surface area contributed by atoms with Crippen molar-refractivity contribution in [2.75, 3.05) is 11.1 Å². The molecule has 0 aliphatic carbocycles. The lowest BCUT2D eigenvalue weighted by molar-refractivity contribution is 0.247. The second-order valence-corrected chi connectivity index (χ2v) is 5.51. The van der Waals surface area contributed by atoms with Crippen molar-refractivity contribution in [3.8, 4) is 0 Å². The van der Waals surface area contributed by atoms with Crippen molar-refractivity contribution in [2.45, 2.75) is 19.9 Å². The molecule has 1 unspecified atom stereocenters. The third-order valence-electron chi connectivity index (χ3n) is 3.66. The van der Waals surface area contributed by atoms with Crippen LogP contribution in [0.3, 0.4) is 0 Å². The van der Waals surface area contributed by atoms with Gasteiger partial charge in [-0.3, -0.25) is 0 Å². The van der Waals surface area contributed by atoms with Gasteiger partial charge in [0.25, 0.3) is 0 Å². The van der Waals surface area contributed by atoms with Crippen LogP contribution in [-0.4, -0.2) is 16.0 Å². The summed E-state index contributed by atoms with van der Waals surface area (Å²) in [5.74, 6) is -1.06. The van der Waals surface area contributed by atoms with Crippen LogP contribution in [0.4, 0.5) is 25.2 Å². The van der Waals surface area contributed by atoms with Crippen LogP contribution in [-0.2, 0) is 0 Å². The van der Waals surface area contributed by atoms with E-state index in [1.807, 2.05) is 0 Å². The first-order chi connectivity index (χ1) is 11.8. The van der Waals surface area contributed by atoms with Gasteiger partial charge in [0, 0.05) is 17.0 Å². The lowest BCUT2D eigenvalue weighted by Gasteiger charge is -2.13. The molecule has 4 N–H and O–H groups in total. The topological polar surface area (TPSA) is 106 Å². The summed E-state index contributed by atoms with van der Waals surface area (Å²) in [5.41, 5.74) is 6.23. The Kier molecular flexibility index (Phi) is 4.22. The number of rotatable bonds is 3. The van der Waals surface area contributed by atoms with Crippen molar-refractivity contribution in [1.82, 2.24) is 15.3 Å². The molecule has 0 aliphatic heterocycles. The van der Waals surface area contributed by atoms with Gasteiger partial charge in [0.15, 0.2) is 11.4 Å². The molecular weight excluding hydrogens is 332 g/mol. The molecule has 0 fully saturated rings. The van der Waals surface area contributed by atoms with Crippen LogP contribution in [0.2, 0.25) is 0 Å². The molecule has 0 saturated heterocycles. The minimum Gasteiger partial charge on any atom is -0.456 e. The zero-order valence-corrected chi connectivity index (χ0v) is 13.4. The van der Waals surface area contributed by atoms with Crippen LogP contribution in [0.15, 0.2) is 28.9 Å². The van der Waals surface area contributed by atoms with Crippen LogP contribution in [0.25, 0.3) is 11.0 Å². The maximum absolute atomic E-state index is 13.8. The fourth-order valence-electron chi connectivity index (χ4n) is 2.51. The van der Waals surface area contributed by atoms with E-state index in [0.717, 1.165) is 6.07 Å². The Morgan fingerprint density at radius 3 is 2.64 bits per heavy atom. The average Bonchev–Trinajstić information content (AvgIpc) is 2.87. The molecule has 9 heteroatoms. The van der Waals surface area contributed by atoms with Crippen molar-refractivity contribution in [2.24, 2.45) is 0 Å². The summed E-state index contributed by atoms with van der Waals surface area (Å²) < 4.78 is 32.7. The second kappa shape index (κ2) is 6.34. The molecule has 1 atom stereocenters. The molecule has 1 aromatic carbocycles. The van der Waals surface area contributed by atoms with Gasteiger partial charge in [0.1, 0.15) is 11.6 Å². The number of halogens is 2. The van der Waals surface area contributed by atoms with Crippen LogP contribution >= 0.6 is 0 Å². The van der Waals surface area contributed by atoms with E-state index in [1.54, 1.807) is 13.8 Å². The first-order valence-corrected chi connectivity index (χ1v) is 7.38. The third kappa shape index (κ3) is 3.35. The highest BCUT2D eigenvalue weighted by atomic mass is 19.1. The van der Waals surface area contributed by atoms with Gasteiger partial charge in [-0.1, -0.05) is 0 Å². The van der Waals surface area contributed by atoms with Crippen LogP contribution < -0.4 is 16.4 Å². The van der Waals surface area contributed by atoms with Crippen molar-refractivity contribution < 1.29 is 18.0 Å². The number of nitrogens with two attached hydrogens (primary N) is 1. The number of nitrogens with zero attached hydrogens (tertiary/aromatic N) is 2. The first-order valence-electron chi connectivity index (χ1n) is 7.38. The Bertz CT molecular complexity index is 940. The third-order valence-corrected chi connectivity index (χ3v) is 3.66. The summed E-state index contributed by atoms with van der Waals surface area (Å²) in [6, 6.07) is 0.831. The molecular formula is C16H15F2N5O2. The largest absolute Gasteiger partial charge is 0.456 e. The smallest absolute Gasteiger partial charge is 0.319 e. The Labute approximate surface area is 141 Å². The minimum atomic E-state index is -0.792. The highest BCUT2D eigenvalue weighted by molar-refractivity contribution is 5.89. The van der Waals surface area contributed by atoms with Gasteiger partial charge in [-0.05, 0) is 19.9 Å². The number of aryl methyl sites for hydroxylation is 1. The summed E-state index contributed by atoms with van der Waals surface area (Å²) in [6.45, 7) is 3.34. The lowest BCUT2D eigenvalue weighted by atomic mass is 10.1. The Morgan fingerprint density at radius 2 is 1.96 bits per heavy atom. The number of nitrogens with one attached hydrogen (secondary N) is 2. The maximum atomic E-state index is 13.8. The van der Waals surface area contributed by atoms with Gasteiger partial charge < -0.3 is 20.8 Å². The molecule has 2 heterocycles. The number of furan rings is 1. The van der Waals surface area contributed by atoms with Crippen LogP contribution in [0.5, 0.6) is 0 Å². The number of fused-ring (bicyclic) bond motifs is 1. The molecule has 2 aromatic heterocycles. The number of carbonyl (C=O) groups is 1. The molecule has 2 amide bonds. The Balaban J connectivity index is 1.79. The van der Waals surface area contributed by atoms with E-state index in [2.05, 4.69) is 20.6 Å². The molecule has 0 radical (unpaired) electrons. The molecule has 0 bridgehead atoms. The highest BCUT2D eigenvalue weighted by Gasteiger charge is 2.21. The first kappa shape index (κ1) is 16.6.